The van der Waals surface area contributed by atoms with E-state index in [0.717, 1.165) is 23.7 Å². The first-order valence-electron chi connectivity index (χ1n) is 6.70. The van der Waals surface area contributed by atoms with Crippen LogP contribution >= 0.6 is 0 Å². The van der Waals surface area contributed by atoms with Crippen molar-refractivity contribution in [2.45, 2.75) is 26.2 Å². The predicted octanol–water partition coefficient (Wildman–Crippen LogP) is 2.71. The van der Waals surface area contributed by atoms with E-state index < -0.39 is 0 Å². The Morgan fingerprint density at radius 3 is 2.90 bits per heavy atom. The number of hydrogen-bond acceptors (Lipinski definition) is 4. The van der Waals surface area contributed by atoms with Gasteiger partial charge in [-0.1, -0.05) is 18.2 Å². The molecule has 0 spiro atoms. The van der Waals surface area contributed by atoms with Gasteiger partial charge in [0.1, 0.15) is 11.6 Å². The summed E-state index contributed by atoms with van der Waals surface area (Å²) in [7, 11) is 0. The molecule has 0 aliphatic carbocycles. The molecule has 0 saturated heterocycles. The van der Waals surface area contributed by atoms with Gasteiger partial charge in [-0.3, -0.25) is 4.79 Å². The minimum atomic E-state index is -0.000658. The van der Waals surface area contributed by atoms with Crippen LogP contribution < -0.4 is 4.74 Å². The first kappa shape index (κ1) is 12.8. The third kappa shape index (κ3) is 2.29. The van der Waals surface area contributed by atoms with Gasteiger partial charge < -0.3 is 4.74 Å². The fourth-order valence-corrected chi connectivity index (χ4v) is 2.52. The zero-order valence-electron chi connectivity index (χ0n) is 11.6. The lowest BCUT2D eigenvalue weighted by Gasteiger charge is -2.24. The van der Waals surface area contributed by atoms with Crippen molar-refractivity contribution in [3.05, 3.63) is 53.1 Å². The topological polar surface area (TPSA) is 52.1 Å². The second kappa shape index (κ2) is 5.04. The molecule has 4 nitrogen and oxygen atoms in total. The van der Waals surface area contributed by atoms with Crippen molar-refractivity contribution in [3.8, 4) is 5.75 Å². The molecule has 1 atom stereocenters. The number of para-hydroxylation sites is 1. The highest BCUT2D eigenvalue weighted by molar-refractivity contribution is 5.94. The Morgan fingerprint density at radius 2 is 2.15 bits per heavy atom. The maximum absolute atomic E-state index is 11.4. The summed E-state index contributed by atoms with van der Waals surface area (Å²) >= 11 is 0. The number of benzene rings is 1. The summed E-state index contributed by atoms with van der Waals surface area (Å²) in [6.45, 7) is 3.96. The van der Waals surface area contributed by atoms with Gasteiger partial charge in [-0.25, -0.2) is 9.97 Å². The average Bonchev–Trinajstić information content (AvgIpc) is 2.46. The molecule has 3 rings (SSSR count). The predicted molar refractivity (Wildman–Crippen MR) is 75.2 cm³/mol. The first-order chi connectivity index (χ1) is 9.65. The number of carbonyl (C=O) groups excluding carboxylic acids is 1. The van der Waals surface area contributed by atoms with E-state index in [2.05, 4.69) is 16.0 Å². The number of aromatic nitrogens is 2. The molecule has 0 radical (unpaired) electrons. The van der Waals surface area contributed by atoms with Gasteiger partial charge in [0.25, 0.3) is 0 Å². The van der Waals surface area contributed by atoms with Gasteiger partial charge in [0.15, 0.2) is 5.78 Å². The molecule has 0 fully saturated rings. The Bertz CT molecular complexity index is 667. The van der Waals surface area contributed by atoms with E-state index in [9.17, 15) is 4.79 Å². The lowest BCUT2D eigenvalue weighted by molar-refractivity contribution is 0.101. The van der Waals surface area contributed by atoms with Crippen molar-refractivity contribution in [2.24, 2.45) is 0 Å². The van der Waals surface area contributed by atoms with E-state index in [1.54, 1.807) is 6.20 Å². The summed E-state index contributed by atoms with van der Waals surface area (Å²) in [5.41, 5.74) is 2.51. The van der Waals surface area contributed by atoms with Gasteiger partial charge in [-0.15, -0.1) is 0 Å². The highest BCUT2D eigenvalue weighted by atomic mass is 16.5. The van der Waals surface area contributed by atoms with Crippen LogP contribution in [0.25, 0.3) is 0 Å². The van der Waals surface area contributed by atoms with E-state index in [1.165, 1.54) is 12.5 Å². The van der Waals surface area contributed by atoms with Gasteiger partial charge in [-0.05, 0) is 31.9 Å². The van der Waals surface area contributed by atoms with Gasteiger partial charge >= 0.3 is 0 Å². The molecule has 0 bridgehead atoms. The van der Waals surface area contributed by atoms with Crippen LogP contribution in [-0.2, 0) is 6.42 Å². The molecular weight excluding hydrogens is 252 g/mol. The Hall–Kier alpha value is -2.23. The lowest BCUT2D eigenvalue weighted by atomic mass is 9.96. The van der Waals surface area contributed by atoms with Crippen LogP contribution in [0.2, 0.25) is 0 Å². The van der Waals surface area contributed by atoms with Crippen molar-refractivity contribution in [3.63, 3.8) is 0 Å². The normalized spacial score (nSPS) is 17.2. The summed E-state index contributed by atoms with van der Waals surface area (Å²) in [4.78, 5) is 20.2. The molecule has 102 valence electrons. The Kier molecular flexibility index (Phi) is 3.22. The van der Waals surface area contributed by atoms with Gasteiger partial charge in [0.05, 0.1) is 23.8 Å². The molecule has 0 saturated carbocycles. The molecule has 2 heterocycles. The van der Waals surface area contributed by atoms with Crippen LogP contribution in [0, 0.1) is 6.92 Å². The van der Waals surface area contributed by atoms with Crippen molar-refractivity contribution >= 4 is 5.78 Å². The van der Waals surface area contributed by atoms with E-state index >= 15 is 0 Å². The summed E-state index contributed by atoms with van der Waals surface area (Å²) in [6, 6.07) is 8.03. The minimum Gasteiger partial charge on any atom is -0.493 e. The summed E-state index contributed by atoms with van der Waals surface area (Å²) < 4.78 is 5.76. The Balaban J connectivity index is 1.88. The lowest BCUT2D eigenvalue weighted by Crippen LogP contribution is -2.21. The molecule has 1 aromatic carbocycles. The fourth-order valence-electron chi connectivity index (χ4n) is 2.52. The Labute approximate surface area is 117 Å². The number of ether oxygens (including phenoxy) is 1. The monoisotopic (exact) mass is 268 g/mol. The first-order valence-corrected chi connectivity index (χ1v) is 6.70. The van der Waals surface area contributed by atoms with E-state index in [0.29, 0.717) is 12.2 Å². The largest absolute Gasteiger partial charge is 0.493 e. The van der Waals surface area contributed by atoms with Crippen LogP contribution in [0.15, 0.2) is 30.5 Å². The molecule has 2 aromatic rings. The van der Waals surface area contributed by atoms with Gasteiger partial charge in [0.2, 0.25) is 0 Å². The number of hydrogen-bond donors (Lipinski definition) is 0. The number of Topliss-reactive ketones (excluding diaryl/α,β-unsaturated/α-hetero) is 1. The zero-order chi connectivity index (χ0) is 14.1. The molecule has 1 aliphatic heterocycles. The molecule has 1 aliphatic rings. The molecule has 0 N–H and O–H groups in total. The number of nitrogens with zero attached hydrogens (tertiary/aromatic N) is 2. The number of rotatable bonds is 2. The fraction of sp³-hybridized carbons (Fsp3) is 0.312. The smallest absolute Gasteiger partial charge is 0.163 e. The maximum atomic E-state index is 11.4. The highest BCUT2D eigenvalue weighted by Gasteiger charge is 2.23. The van der Waals surface area contributed by atoms with Gasteiger partial charge in [-0.2, -0.15) is 0 Å². The third-order valence-electron chi connectivity index (χ3n) is 3.62. The quantitative estimate of drug-likeness (QED) is 0.786. The molecule has 1 unspecified atom stereocenters. The summed E-state index contributed by atoms with van der Waals surface area (Å²) in [5.74, 6) is 1.84. The van der Waals surface area contributed by atoms with E-state index in [1.807, 2.05) is 25.1 Å². The second-order valence-corrected chi connectivity index (χ2v) is 5.10. The SMILES string of the molecule is CC(=O)c1cnc(C2COc3ccccc3C2)nc1C. The van der Waals surface area contributed by atoms with Crippen LogP contribution in [0.3, 0.4) is 0 Å². The highest BCUT2D eigenvalue weighted by Crippen LogP contribution is 2.30. The van der Waals surface area contributed by atoms with Crippen molar-refractivity contribution in [1.29, 1.82) is 0 Å². The second-order valence-electron chi connectivity index (χ2n) is 5.10. The number of carbonyl (C=O) groups is 1. The summed E-state index contributed by atoms with van der Waals surface area (Å²) in [5, 5.41) is 0. The van der Waals surface area contributed by atoms with Crippen LogP contribution in [0.1, 0.15) is 40.3 Å². The standard InChI is InChI=1S/C16H16N2O2/c1-10-14(11(2)19)8-17-16(18-10)13-7-12-5-3-4-6-15(12)20-9-13/h3-6,8,13H,7,9H2,1-2H3. The number of aryl methyl sites for hydroxylation is 1. The molecular formula is C16H16N2O2. The number of ketones is 1. The average molecular weight is 268 g/mol. The number of fused-ring (bicyclic) bond motifs is 1. The van der Waals surface area contributed by atoms with E-state index in [-0.39, 0.29) is 11.7 Å². The Morgan fingerprint density at radius 1 is 1.35 bits per heavy atom. The summed E-state index contributed by atoms with van der Waals surface area (Å²) in [6.07, 6.45) is 2.50. The molecule has 0 amide bonds. The molecule has 20 heavy (non-hydrogen) atoms. The minimum absolute atomic E-state index is 0.000658. The third-order valence-corrected chi connectivity index (χ3v) is 3.62. The van der Waals surface area contributed by atoms with Crippen molar-refractivity contribution in [1.82, 2.24) is 9.97 Å². The van der Waals surface area contributed by atoms with E-state index in [4.69, 9.17) is 4.74 Å². The molecule has 1 aromatic heterocycles. The van der Waals surface area contributed by atoms with Crippen molar-refractivity contribution in [2.75, 3.05) is 6.61 Å². The van der Waals surface area contributed by atoms with Crippen LogP contribution in [0.4, 0.5) is 0 Å². The van der Waals surface area contributed by atoms with Gasteiger partial charge in [0, 0.05) is 6.20 Å². The zero-order valence-corrected chi connectivity index (χ0v) is 11.6. The maximum Gasteiger partial charge on any atom is 0.163 e. The van der Waals surface area contributed by atoms with Crippen LogP contribution in [-0.4, -0.2) is 22.4 Å². The van der Waals surface area contributed by atoms with Crippen molar-refractivity contribution < 1.29 is 9.53 Å². The van der Waals surface area contributed by atoms with Crippen LogP contribution in [0.5, 0.6) is 5.75 Å². The molecule has 4 heteroatoms.